The Morgan fingerprint density at radius 3 is 2.52 bits per heavy atom. The number of para-hydroxylation sites is 1. The molecule has 4 rings (SSSR count). The van der Waals surface area contributed by atoms with Gasteiger partial charge in [-0.05, 0) is 54.1 Å². The van der Waals surface area contributed by atoms with E-state index in [4.69, 9.17) is 4.74 Å². The van der Waals surface area contributed by atoms with Crippen LogP contribution in [-0.2, 0) is 17.9 Å². The second kappa shape index (κ2) is 9.70. The topological polar surface area (TPSA) is 89.8 Å². The molecule has 1 aliphatic heterocycles. The number of hydrogen-bond donors (Lipinski definition) is 0. The van der Waals surface area contributed by atoms with Gasteiger partial charge in [0.2, 0.25) is 0 Å². The van der Waals surface area contributed by atoms with Crippen LogP contribution in [0.2, 0.25) is 0 Å². The van der Waals surface area contributed by atoms with Crippen LogP contribution in [0.5, 0.6) is 5.75 Å². The molecule has 1 aliphatic rings. The number of carbonyl (C=O) groups is 2. The Morgan fingerprint density at radius 2 is 1.79 bits per heavy atom. The van der Waals surface area contributed by atoms with Crippen molar-refractivity contribution < 1.29 is 19.2 Å². The first-order chi connectivity index (χ1) is 15.9. The fourth-order valence-corrected chi connectivity index (χ4v) is 4.25. The Hall–Kier alpha value is -3.91. The maximum Gasteiger partial charge on any atom is 0.293 e. The van der Waals surface area contributed by atoms with Gasteiger partial charge < -0.3 is 4.74 Å². The smallest absolute Gasteiger partial charge is 0.293 e. The zero-order valence-corrected chi connectivity index (χ0v) is 18.6. The van der Waals surface area contributed by atoms with Gasteiger partial charge in [0.05, 0.1) is 21.9 Å². The van der Waals surface area contributed by atoms with Crippen LogP contribution in [-0.4, -0.2) is 21.0 Å². The summed E-state index contributed by atoms with van der Waals surface area (Å²) in [6.07, 6.45) is 1.67. The van der Waals surface area contributed by atoms with Crippen molar-refractivity contribution >= 4 is 34.7 Å². The molecule has 3 aromatic carbocycles. The summed E-state index contributed by atoms with van der Waals surface area (Å²) in [4.78, 5) is 37.4. The number of thioether (sulfide) groups is 1. The molecule has 0 unspecified atom stereocenters. The molecule has 2 amide bonds. The first kappa shape index (κ1) is 22.3. The molecule has 3 aromatic rings. The average molecular weight is 461 g/mol. The van der Waals surface area contributed by atoms with Crippen LogP contribution >= 0.6 is 11.8 Å². The number of nitro benzene ring substituents is 1. The number of aryl methyl sites for hydroxylation is 1. The van der Waals surface area contributed by atoms with E-state index in [1.807, 2.05) is 31.2 Å². The Kier molecular flexibility index (Phi) is 6.55. The molecule has 0 radical (unpaired) electrons. The monoisotopic (exact) mass is 460 g/mol. The average Bonchev–Trinajstić information content (AvgIpc) is 3.06. The number of amides is 2. The third kappa shape index (κ3) is 5.30. The highest BCUT2D eigenvalue weighted by Gasteiger charge is 2.34. The second-order valence-electron chi connectivity index (χ2n) is 7.50. The van der Waals surface area contributed by atoms with Crippen molar-refractivity contribution in [3.05, 3.63) is 110 Å². The molecule has 166 valence electrons. The molecule has 1 fully saturated rings. The molecule has 0 aliphatic carbocycles. The van der Waals surface area contributed by atoms with Crippen LogP contribution in [0.15, 0.2) is 77.7 Å². The van der Waals surface area contributed by atoms with Crippen molar-refractivity contribution in [1.82, 2.24) is 4.90 Å². The number of rotatable bonds is 7. The van der Waals surface area contributed by atoms with Gasteiger partial charge >= 0.3 is 0 Å². The molecule has 0 spiro atoms. The number of benzene rings is 3. The van der Waals surface area contributed by atoms with Gasteiger partial charge in [0.25, 0.3) is 16.8 Å². The van der Waals surface area contributed by atoms with E-state index in [2.05, 4.69) is 0 Å². The lowest BCUT2D eigenvalue weighted by Crippen LogP contribution is -2.27. The molecule has 0 N–H and O–H groups in total. The Morgan fingerprint density at radius 1 is 1.03 bits per heavy atom. The van der Waals surface area contributed by atoms with Gasteiger partial charge in [0, 0.05) is 6.07 Å². The van der Waals surface area contributed by atoms with E-state index in [1.165, 1.54) is 11.0 Å². The highest BCUT2D eigenvalue weighted by atomic mass is 32.2. The molecule has 8 heteroatoms. The predicted octanol–water partition coefficient (Wildman–Crippen LogP) is 5.72. The summed E-state index contributed by atoms with van der Waals surface area (Å²) in [6, 6.07) is 21.1. The quantitative estimate of drug-likeness (QED) is 0.255. The predicted molar refractivity (Wildman–Crippen MR) is 127 cm³/mol. The van der Waals surface area contributed by atoms with E-state index in [0.717, 1.165) is 28.5 Å². The van der Waals surface area contributed by atoms with Crippen LogP contribution in [0.4, 0.5) is 10.5 Å². The number of hydrogen-bond acceptors (Lipinski definition) is 6. The van der Waals surface area contributed by atoms with E-state index in [0.29, 0.717) is 16.2 Å². The Labute approximate surface area is 194 Å². The maximum absolute atomic E-state index is 12.8. The third-order valence-electron chi connectivity index (χ3n) is 5.06. The van der Waals surface area contributed by atoms with Crippen LogP contribution in [0.25, 0.3) is 6.08 Å². The van der Waals surface area contributed by atoms with E-state index < -0.39 is 4.92 Å². The summed E-state index contributed by atoms with van der Waals surface area (Å²) in [5.74, 6) is 0.223. The lowest BCUT2D eigenvalue weighted by atomic mass is 10.1. The normalized spacial score (nSPS) is 14.7. The first-order valence-electron chi connectivity index (χ1n) is 10.2. The van der Waals surface area contributed by atoms with Gasteiger partial charge in [-0.2, -0.15) is 0 Å². The Balaban J connectivity index is 1.42. The molecule has 7 nitrogen and oxygen atoms in total. The third-order valence-corrected chi connectivity index (χ3v) is 5.96. The molecule has 1 saturated heterocycles. The van der Waals surface area contributed by atoms with Gasteiger partial charge in [-0.1, -0.05) is 54.1 Å². The minimum absolute atomic E-state index is 0.00973. The van der Waals surface area contributed by atoms with Crippen molar-refractivity contribution in [1.29, 1.82) is 0 Å². The number of imide groups is 1. The number of nitrogens with zero attached hydrogens (tertiary/aromatic N) is 2. The molecule has 0 aromatic heterocycles. The van der Waals surface area contributed by atoms with Crippen molar-refractivity contribution in [2.75, 3.05) is 0 Å². The van der Waals surface area contributed by atoms with Crippen LogP contribution in [0.1, 0.15) is 22.3 Å². The van der Waals surface area contributed by atoms with E-state index in [-0.39, 0.29) is 30.0 Å². The molecule has 0 atom stereocenters. The van der Waals surface area contributed by atoms with Crippen molar-refractivity contribution in [3.8, 4) is 5.75 Å². The number of nitro groups is 1. The molecular weight excluding hydrogens is 440 g/mol. The van der Waals surface area contributed by atoms with Crippen molar-refractivity contribution in [3.63, 3.8) is 0 Å². The standard InChI is InChI=1S/C25H20N2O5S/c1-17-5-4-6-19(13-17)15-26-24(28)23(33-25(26)29)14-18-9-11-21(12-10-18)32-16-20-7-2-3-8-22(20)27(30)31/h2-14H,15-16H2,1H3/b23-14-. The summed E-state index contributed by atoms with van der Waals surface area (Å²) in [6.45, 7) is 2.27. The summed E-state index contributed by atoms with van der Waals surface area (Å²) in [5, 5.41) is 10.8. The zero-order valence-electron chi connectivity index (χ0n) is 17.8. The van der Waals surface area contributed by atoms with E-state index in [9.17, 15) is 19.7 Å². The van der Waals surface area contributed by atoms with Gasteiger partial charge in [0.1, 0.15) is 12.4 Å². The fraction of sp³-hybridized carbons (Fsp3) is 0.120. The van der Waals surface area contributed by atoms with Gasteiger partial charge in [-0.3, -0.25) is 24.6 Å². The maximum atomic E-state index is 12.8. The van der Waals surface area contributed by atoms with Crippen LogP contribution in [0.3, 0.4) is 0 Å². The van der Waals surface area contributed by atoms with Crippen molar-refractivity contribution in [2.24, 2.45) is 0 Å². The molecule has 1 heterocycles. The number of ether oxygens (including phenoxy) is 1. The lowest BCUT2D eigenvalue weighted by molar-refractivity contribution is -0.385. The largest absolute Gasteiger partial charge is 0.489 e. The Bertz CT molecular complexity index is 1250. The minimum Gasteiger partial charge on any atom is -0.489 e. The second-order valence-corrected chi connectivity index (χ2v) is 8.49. The highest BCUT2D eigenvalue weighted by molar-refractivity contribution is 8.18. The summed E-state index contributed by atoms with van der Waals surface area (Å²) in [7, 11) is 0. The first-order valence-corrected chi connectivity index (χ1v) is 11.0. The molecule has 0 bridgehead atoms. The van der Waals surface area contributed by atoms with Crippen LogP contribution < -0.4 is 4.74 Å². The van der Waals surface area contributed by atoms with E-state index >= 15 is 0 Å². The summed E-state index contributed by atoms with van der Waals surface area (Å²) < 4.78 is 5.68. The van der Waals surface area contributed by atoms with Gasteiger partial charge in [0.15, 0.2) is 0 Å². The highest BCUT2D eigenvalue weighted by Crippen LogP contribution is 2.33. The summed E-state index contributed by atoms with van der Waals surface area (Å²) in [5.41, 5.74) is 3.20. The molecule has 0 saturated carbocycles. The zero-order chi connectivity index (χ0) is 23.4. The van der Waals surface area contributed by atoms with Gasteiger partial charge in [-0.25, -0.2) is 0 Å². The summed E-state index contributed by atoms with van der Waals surface area (Å²) >= 11 is 0.920. The minimum atomic E-state index is -0.437. The van der Waals surface area contributed by atoms with E-state index in [1.54, 1.807) is 48.5 Å². The lowest BCUT2D eigenvalue weighted by Gasteiger charge is -2.12. The molecular formula is C25H20N2O5S. The van der Waals surface area contributed by atoms with Crippen molar-refractivity contribution in [2.45, 2.75) is 20.1 Å². The van der Waals surface area contributed by atoms with Gasteiger partial charge in [-0.15, -0.1) is 0 Å². The molecule has 33 heavy (non-hydrogen) atoms. The fourth-order valence-electron chi connectivity index (χ4n) is 3.41. The number of carbonyl (C=O) groups excluding carboxylic acids is 2. The van der Waals surface area contributed by atoms with Crippen LogP contribution in [0, 0.1) is 17.0 Å². The SMILES string of the molecule is Cc1cccc(CN2C(=O)S/C(=C\c3ccc(OCc4ccccc4[N+](=O)[O-])cc3)C2=O)c1.